The summed E-state index contributed by atoms with van der Waals surface area (Å²) in [5.41, 5.74) is 0. The van der Waals surface area contributed by atoms with Crippen LogP contribution in [-0.2, 0) is 9.53 Å². The van der Waals surface area contributed by atoms with Gasteiger partial charge in [-0.15, -0.1) is 0 Å². The molecule has 3 nitrogen and oxygen atoms in total. The number of carbonyl (C=O) groups is 1. The second-order valence-electron chi connectivity index (χ2n) is 2.68. The molecule has 0 bridgehead atoms. The maximum absolute atomic E-state index is 13.0. The molecule has 1 saturated heterocycles. The summed E-state index contributed by atoms with van der Waals surface area (Å²) in [6.45, 7) is 0.768. The largest absolute Gasteiger partial charge is 0.378 e. The number of piperidine rings is 1. The normalized spacial score (nSPS) is 32.0. The van der Waals surface area contributed by atoms with Gasteiger partial charge in [-0.2, -0.15) is 0 Å². The molecule has 1 unspecified atom stereocenters. The van der Waals surface area contributed by atoms with E-state index in [2.05, 4.69) is 0 Å². The lowest BCUT2D eigenvalue weighted by Crippen LogP contribution is -2.44. The van der Waals surface area contributed by atoms with Crippen LogP contribution < -0.4 is 0 Å². The second-order valence-corrected chi connectivity index (χ2v) is 2.68. The third kappa shape index (κ3) is 1.89. The standard InChI is InChI=1S/C7H12FNO2/c1-11-7-2-3-9(5-10)4-6(7)8/h5-7H,2-4H2,1H3/t6-,7?/m1/s1. The third-order valence-corrected chi connectivity index (χ3v) is 1.96. The number of alkyl halides is 1. The van der Waals surface area contributed by atoms with Crippen LogP contribution in [0.15, 0.2) is 0 Å². The number of carbonyl (C=O) groups excluding carboxylic acids is 1. The monoisotopic (exact) mass is 161 g/mol. The molecule has 0 radical (unpaired) electrons. The number of halogens is 1. The maximum Gasteiger partial charge on any atom is 0.209 e. The zero-order valence-corrected chi connectivity index (χ0v) is 6.50. The third-order valence-electron chi connectivity index (χ3n) is 1.96. The SMILES string of the molecule is COC1CCN(C=O)C[C@H]1F. The molecular formula is C7H12FNO2. The van der Waals surface area contributed by atoms with Gasteiger partial charge in [0.05, 0.1) is 12.6 Å². The Morgan fingerprint density at radius 3 is 2.91 bits per heavy atom. The molecule has 1 heterocycles. The summed E-state index contributed by atoms with van der Waals surface area (Å²) in [7, 11) is 1.49. The van der Waals surface area contributed by atoms with Crippen molar-refractivity contribution in [2.45, 2.75) is 18.7 Å². The Morgan fingerprint density at radius 2 is 2.45 bits per heavy atom. The van der Waals surface area contributed by atoms with E-state index in [0.29, 0.717) is 19.4 Å². The van der Waals surface area contributed by atoms with Gasteiger partial charge in [0.1, 0.15) is 6.17 Å². The Hall–Kier alpha value is -0.640. The summed E-state index contributed by atoms with van der Waals surface area (Å²) in [6.07, 6.45) is -0.0837. The van der Waals surface area contributed by atoms with Crippen molar-refractivity contribution >= 4 is 6.41 Å². The first-order chi connectivity index (χ1) is 5.27. The van der Waals surface area contributed by atoms with E-state index in [9.17, 15) is 9.18 Å². The Balaban J connectivity index is 2.40. The van der Waals surface area contributed by atoms with Crippen LogP contribution in [0.3, 0.4) is 0 Å². The van der Waals surface area contributed by atoms with Gasteiger partial charge in [-0.3, -0.25) is 4.79 Å². The first-order valence-electron chi connectivity index (χ1n) is 3.64. The summed E-state index contributed by atoms with van der Waals surface area (Å²) < 4.78 is 17.8. The maximum atomic E-state index is 13.0. The van der Waals surface area contributed by atoms with Crippen molar-refractivity contribution in [3.8, 4) is 0 Å². The minimum Gasteiger partial charge on any atom is -0.378 e. The zero-order valence-electron chi connectivity index (χ0n) is 6.50. The van der Waals surface area contributed by atoms with E-state index in [4.69, 9.17) is 4.74 Å². The Kier molecular flexibility index (Phi) is 2.82. The van der Waals surface area contributed by atoms with Gasteiger partial charge in [0.25, 0.3) is 0 Å². The predicted molar refractivity (Wildman–Crippen MR) is 37.9 cm³/mol. The number of hydrogen-bond acceptors (Lipinski definition) is 2. The number of ether oxygens (including phenoxy) is 1. The number of methoxy groups -OCH3 is 1. The van der Waals surface area contributed by atoms with Crippen molar-refractivity contribution in [1.29, 1.82) is 0 Å². The van der Waals surface area contributed by atoms with Crippen LogP contribution >= 0.6 is 0 Å². The van der Waals surface area contributed by atoms with Gasteiger partial charge in [-0.05, 0) is 6.42 Å². The van der Waals surface area contributed by atoms with Crippen LogP contribution in [-0.4, -0.2) is 43.8 Å². The van der Waals surface area contributed by atoms with E-state index in [-0.39, 0.29) is 12.6 Å². The molecule has 0 saturated carbocycles. The molecule has 1 rings (SSSR count). The lowest BCUT2D eigenvalue weighted by Gasteiger charge is -2.31. The van der Waals surface area contributed by atoms with Crippen molar-refractivity contribution in [2.75, 3.05) is 20.2 Å². The van der Waals surface area contributed by atoms with Crippen molar-refractivity contribution in [3.63, 3.8) is 0 Å². The van der Waals surface area contributed by atoms with Gasteiger partial charge in [0.15, 0.2) is 0 Å². The fraction of sp³-hybridized carbons (Fsp3) is 0.857. The molecule has 64 valence electrons. The molecule has 11 heavy (non-hydrogen) atoms. The lowest BCUT2D eigenvalue weighted by atomic mass is 10.1. The van der Waals surface area contributed by atoms with Gasteiger partial charge < -0.3 is 9.64 Å². The van der Waals surface area contributed by atoms with Gasteiger partial charge in [0, 0.05) is 13.7 Å². The van der Waals surface area contributed by atoms with Crippen LogP contribution in [0.5, 0.6) is 0 Å². The highest BCUT2D eigenvalue weighted by atomic mass is 19.1. The van der Waals surface area contributed by atoms with Crippen LogP contribution in [0.25, 0.3) is 0 Å². The highest BCUT2D eigenvalue weighted by molar-refractivity contribution is 5.47. The van der Waals surface area contributed by atoms with Crippen molar-refractivity contribution in [3.05, 3.63) is 0 Å². The Morgan fingerprint density at radius 1 is 1.73 bits per heavy atom. The topological polar surface area (TPSA) is 29.5 Å². The van der Waals surface area contributed by atoms with Crippen LogP contribution in [0.1, 0.15) is 6.42 Å². The molecule has 0 spiro atoms. The van der Waals surface area contributed by atoms with Gasteiger partial charge in [-0.1, -0.05) is 0 Å². The van der Waals surface area contributed by atoms with E-state index in [1.54, 1.807) is 0 Å². The molecule has 1 fully saturated rings. The number of rotatable bonds is 2. The summed E-state index contributed by atoms with van der Waals surface area (Å²) in [5, 5.41) is 0. The zero-order chi connectivity index (χ0) is 8.27. The van der Waals surface area contributed by atoms with Gasteiger partial charge >= 0.3 is 0 Å². The summed E-state index contributed by atoms with van der Waals surface area (Å²) in [5.74, 6) is 0. The van der Waals surface area contributed by atoms with E-state index < -0.39 is 6.17 Å². The number of amides is 1. The molecule has 0 aromatic rings. The smallest absolute Gasteiger partial charge is 0.209 e. The highest BCUT2D eigenvalue weighted by Crippen LogP contribution is 2.14. The van der Waals surface area contributed by atoms with Crippen LogP contribution in [0.4, 0.5) is 4.39 Å². The average molecular weight is 161 g/mol. The van der Waals surface area contributed by atoms with E-state index in [0.717, 1.165) is 0 Å². The molecular weight excluding hydrogens is 149 g/mol. The van der Waals surface area contributed by atoms with Crippen LogP contribution in [0, 0.1) is 0 Å². The average Bonchev–Trinajstić information content (AvgIpc) is 2.04. The quantitative estimate of drug-likeness (QED) is 0.541. The van der Waals surface area contributed by atoms with Crippen LogP contribution in [0.2, 0.25) is 0 Å². The number of hydrogen-bond donors (Lipinski definition) is 0. The second kappa shape index (κ2) is 3.67. The molecule has 0 aromatic heterocycles. The summed E-state index contributed by atoms with van der Waals surface area (Å²) >= 11 is 0. The lowest BCUT2D eigenvalue weighted by molar-refractivity contribution is -0.122. The van der Waals surface area contributed by atoms with Crippen molar-refractivity contribution < 1.29 is 13.9 Å². The molecule has 0 aromatic carbocycles. The van der Waals surface area contributed by atoms with E-state index >= 15 is 0 Å². The number of likely N-dealkylation sites (tertiary alicyclic amines) is 1. The minimum absolute atomic E-state index is 0.169. The Labute approximate surface area is 65.1 Å². The molecule has 1 amide bonds. The highest BCUT2D eigenvalue weighted by Gasteiger charge is 2.27. The molecule has 1 aliphatic heterocycles. The van der Waals surface area contributed by atoms with Crippen molar-refractivity contribution in [2.24, 2.45) is 0 Å². The van der Waals surface area contributed by atoms with Gasteiger partial charge in [-0.25, -0.2) is 4.39 Å². The fourth-order valence-corrected chi connectivity index (χ4v) is 1.27. The van der Waals surface area contributed by atoms with Crippen molar-refractivity contribution in [1.82, 2.24) is 4.90 Å². The molecule has 0 N–H and O–H groups in total. The predicted octanol–water partition coefficient (Wildman–Crippen LogP) is 0.202. The first-order valence-corrected chi connectivity index (χ1v) is 3.64. The molecule has 2 atom stereocenters. The minimum atomic E-state index is -1.03. The first kappa shape index (κ1) is 8.46. The summed E-state index contributed by atoms with van der Waals surface area (Å²) in [4.78, 5) is 11.6. The van der Waals surface area contributed by atoms with E-state index in [1.807, 2.05) is 0 Å². The van der Waals surface area contributed by atoms with E-state index in [1.165, 1.54) is 12.0 Å². The Bertz CT molecular complexity index is 142. The molecule has 0 aliphatic carbocycles. The molecule has 1 aliphatic rings. The number of nitrogens with zero attached hydrogens (tertiary/aromatic N) is 1. The fourth-order valence-electron chi connectivity index (χ4n) is 1.27. The molecule has 4 heteroatoms. The van der Waals surface area contributed by atoms with Gasteiger partial charge in [0.2, 0.25) is 6.41 Å². The summed E-state index contributed by atoms with van der Waals surface area (Å²) in [6, 6.07) is 0.